The van der Waals surface area contributed by atoms with Crippen LogP contribution in [0.5, 0.6) is 0 Å². The molecule has 0 radical (unpaired) electrons. The predicted octanol–water partition coefficient (Wildman–Crippen LogP) is 0.530. The first kappa shape index (κ1) is 8.89. The van der Waals surface area contributed by atoms with Gasteiger partial charge in [0, 0.05) is 11.6 Å². The van der Waals surface area contributed by atoms with Gasteiger partial charge in [0.2, 0.25) is 0 Å². The Balaban J connectivity index is 3.23. The Bertz CT molecular complexity index is 302. The summed E-state index contributed by atoms with van der Waals surface area (Å²) in [7, 11) is 0. The van der Waals surface area contributed by atoms with Crippen LogP contribution in [0.25, 0.3) is 0 Å². The smallest absolute Gasteiger partial charge is 0.181 e. The third-order valence-corrected chi connectivity index (χ3v) is 1.39. The number of halogens is 2. The highest BCUT2D eigenvalue weighted by Crippen LogP contribution is 2.20. The first-order valence-electron chi connectivity index (χ1n) is 3.13. The number of anilines is 1. The van der Waals surface area contributed by atoms with Crippen LogP contribution in [-0.4, -0.2) is 10.2 Å². The summed E-state index contributed by atoms with van der Waals surface area (Å²) in [6.45, 7) is 0. The van der Waals surface area contributed by atoms with E-state index in [0.717, 1.165) is 0 Å². The first-order valence-corrected chi connectivity index (χ1v) is 3.13. The number of aliphatic hydroxyl groups excluding tert-OH is 1. The highest BCUT2D eigenvalue weighted by atomic mass is 19.1. The fraction of sp³-hybridized carbons (Fsp3) is 0.143. The zero-order chi connectivity index (χ0) is 9.30. The van der Waals surface area contributed by atoms with Crippen LogP contribution in [0.3, 0.4) is 0 Å². The lowest BCUT2D eigenvalue weighted by Gasteiger charge is -2.06. The second-order valence-corrected chi connectivity index (χ2v) is 2.27. The molecule has 0 bridgehead atoms. The van der Waals surface area contributed by atoms with Gasteiger partial charge < -0.3 is 15.9 Å². The summed E-state index contributed by atoms with van der Waals surface area (Å²) in [5, 5.41) is 17.1. The molecule has 0 fully saturated rings. The molecule has 0 amide bonds. The van der Waals surface area contributed by atoms with Gasteiger partial charge in [0.15, 0.2) is 6.29 Å². The largest absolute Gasteiger partial charge is 0.396 e. The summed E-state index contributed by atoms with van der Waals surface area (Å²) in [5.74, 6) is -1.82. The molecule has 3 nitrogen and oxygen atoms in total. The van der Waals surface area contributed by atoms with E-state index in [1.54, 1.807) is 0 Å². The molecular formula is C7H7F2NO2. The Morgan fingerprint density at radius 3 is 2.25 bits per heavy atom. The number of aliphatic hydroxyl groups is 2. The van der Waals surface area contributed by atoms with Crippen LogP contribution in [0.4, 0.5) is 14.5 Å². The van der Waals surface area contributed by atoms with Crippen molar-refractivity contribution in [3.05, 3.63) is 29.3 Å². The monoisotopic (exact) mass is 175 g/mol. The number of nitrogen functional groups attached to an aromatic ring is 1. The van der Waals surface area contributed by atoms with Crippen LogP contribution in [0.15, 0.2) is 12.1 Å². The van der Waals surface area contributed by atoms with Crippen LogP contribution >= 0.6 is 0 Å². The zero-order valence-corrected chi connectivity index (χ0v) is 5.96. The molecule has 0 heterocycles. The van der Waals surface area contributed by atoms with E-state index in [1.165, 1.54) is 0 Å². The second-order valence-electron chi connectivity index (χ2n) is 2.27. The van der Waals surface area contributed by atoms with Crippen LogP contribution in [0, 0.1) is 11.6 Å². The van der Waals surface area contributed by atoms with E-state index < -0.39 is 23.5 Å². The molecule has 0 spiro atoms. The van der Waals surface area contributed by atoms with E-state index in [-0.39, 0.29) is 5.69 Å². The number of benzene rings is 1. The van der Waals surface area contributed by atoms with Gasteiger partial charge in [-0.2, -0.15) is 0 Å². The standard InChI is InChI=1S/C7H7F2NO2/c8-4-2-6(10)5(9)1-3(4)7(11)12/h1-2,7,11-12H,10H2. The van der Waals surface area contributed by atoms with Gasteiger partial charge in [0.25, 0.3) is 0 Å². The Morgan fingerprint density at radius 2 is 1.75 bits per heavy atom. The Kier molecular flexibility index (Phi) is 2.25. The molecule has 0 aliphatic rings. The van der Waals surface area contributed by atoms with Gasteiger partial charge in [-0.15, -0.1) is 0 Å². The highest BCUT2D eigenvalue weighted by Gasteiger charge is 2.12. The quantitative estimate of drug-likeness (QED) is 0.431. The van der Waals surface area contributed by atoms with Crippen LogP contribution < -0.4 is 5.73 Å². The molecule has 0 saturated carbocycles. The molecule has 0 atom stereocenters. The van der Waals surface area contributed by atoms with Crippen molar-refractivity contribution in [1.82, 2.24) is 0 Å². The lowest BCUT2D eigenvalue weighted by molar-refractivity contribution is -0.0451. The predicted molar refractivity (Wildman–Crippen MR) is 37.9 cm³/mol. The van der Waals surface area contributed by atoms with E-state index in [2.05, 4.69) is 0 Å². The molecule has 4 N–H and O–H groups in total. The van der Waals surface area contributed by atoms with Gasteiger partial charge >= 0.3 is 0 Å². The molecule has 0 saturated heterocycles. The van der Waals surface area contributed by atoms with E-state index in [4.69, 9.17) is 15.9 Å². The maximum absolute atomic E-state index is 12.7. The van der Waals surface area contributed by atoms with Gasteiger partial charge in [-0.25, -0.2) is 8.78 Å². The average Bonchev–Trinajstić information content (AvgIpc) is 1.96. The van der Waals surface area contributed by atoms with Crippen molar-refractivity contribution in [2.75, 3.05) is 5.73 Å². The van der Waals surface area contributed by atoms with Crippen molar-refractivity contribution in [1.29, 1.82) is 0 Å². The Morgan fingerprint density at radius 1 is 1.17 bits per heavy atom. The van der Waals surface area contributed by atoms with E-state index in [1.807, 2.05) is 0 Å². The van der Waals surface area contributed by atoms with Crippen LogP contribution in [-0.2, 0) is 0 Å². The van der Waals surface area contributed by atoms with Crippen LogP contribution in [0.1, 0.15) is 11.9 Å². The summed E-state index contributed by atoms with van der Waals surface area (Å²) in [6, 6.07) is 1.35. The van der Waals surface area contributed by atoms with E-state index in [9.17, 15) is 8.78 Å². The highest BCUT2D eigenvalue weighted by molar-refractivity contribution is 5.42. The number of nitrogens with two attached hydrogens (primary N) is 1. The molecule has 1 aromatic rings. The summed E-state index contributed by atoms with van der Waals surface area (Å²) in [6.07, 6.45) is -2.03. The third kappa shape index (κ3) is 1.51. The first-order chi connectivity index (χ1) is 5.52. The summed E-state index contributed by atoms with van der Waals surface area (Å²) in [4.78, 5) is 0. The second kappa shape index (κ2) is 3.04. The molecular weight excluding hydrogens is 168 g/mol. The minimum atomic E-state index is -2.03. The molecule has 1 rings (SSSR count). The average molecular weight is 175 g/mol. The van der Waals surface area contributed by atoms with Crippen molar-refractivity contribution in [2.45, 2.75) is 6.29 Å². The van der Waals surface area contributed by atoms with Gasteiger partial charge in [0.05, 0.1) is 5.69 Å². The minimum Gasteiger partial charge on any atom is -0.396 e. The Labute approximate surface area is 67.1 Å². The number of hydrogen-bond donors (Lipinski definition) is 3. The van der Waals surface area contributed by atoms with Crippen molar-refractivity contribution < 1.29 is 19.0 Å². The molecule has 0 aromatic heterocycles. The van der Waals surface area contributed by atoms with Crippen LogP contribution in [0.2, 0.25) is 0 Å². The van der Waals surface area contributed by atoms with Crippen molar-refractivity contribution in [3.8, 4) is 0 Å². The maximum Gasteiger partial charge on any atom is 0.181 e. The van der Waals surface area contributed by atoms with Gasteiger partial charge in [-0.3, -0.25) is 0 Å². The van der Waals surface area contributed by atoms with Crippen molar-refractivity contribution in [2.24, 2.45) is 0 Å². The normalized spacial score (nSPS) is 10.8. The summed E-state index contributed by atoms with van der Waals surface area (Å²) in [5.41, 5.74) is 4.12. The fourth-order valence-corrected chi connectivity index (χ4v) is 0.775. The summed E-state index contributed by atoms with van der Waals surface area (Å²) < 4.78 is 25.3. The van der Waals surface area contributed by atoms with E-state index in [0.29, 0.717) is 12.1 Å². The lowest BCUT2D eigenvalue weighted by Crippen LogP contribution is -2.02. The number of rotatable bonds is 1. The van der Waals surface area contributed by atoms with Gasteiger partial charge in [-0.05, 0) is 6.07 Å². The maximum atomic E-state index is 12.7. The molecule has 66 valence electrons. The third-order valence-electron chi connectivity index (χ3n) is 1.39. The Hall–Kier alpha value is -1.20. The zero-order valence-electron chi connectivity index (χ0n) is 5.96. The van der Waals surface area contributed by atoms with E-state index >= 15 is 0 Å². The molecule has 0 unspecified atom stereocenters. The molecule has 0 aliphatic heterocycles. The topological polar surface area (TPSA) is 66.5 Å². The lowest BCUT2D eigenvalue weighted by atomic mass is 10.2. The molecule has 1 aromatic carbocycles. The minimum absolute atomic E-state index is 0.364. The number of hydrogen-bond acceptors (Lipinski definition) is 3. The van der Waals surface area contributed by atoms with Gasteiger partial charge in [-0.1, -0.05) is 0 Å². The fourth-order valence-electron chi connectivity index (χ4n) is 0.775. The summed E-state index contributed by atoms with van der Waals surface area (Å²) >= 11 is 0. The van der Waals surface area contributed by atoms with Crippen molar-refractivity contribution >= 4 is 5.69 Å². The van der Waals surface area contributed by atoms with Gasteiger partial charge in [0.1, 0.15) is 11.6 Å². The molecule has 12 heavy (non-hydrogen) atoms. The SMILES string of the molecule is Nc1cc(F)c(C(O)O)cc1F. The van der Waals surface area contributed by atoms with Crippen molar-refractivity contribution in [3.63, 3.8) is 0 Å². The molecule has 5 heteroatoms. The molecule has 0 aliphatic carbocycles.